The van der Waals surface area contributed by atoms with Crippen molar-refractivity contribution in [2.24, 2.45) is 5.92 Å². The molecule has 3 heteroatoms. The lowest BCUT2D eigenvalue weighted by Gasteiger charge is -2.17. The van der Waals surface area contributed by atoms with Crippen LogP contribution >= 0.6 is 15.9 Å². The van der Waals surface area contributed by atoms with E-state index in [-0.39, 0.29) is 6.61 Å². The number of aliphatic hydroxyl groups is 1. The largest absolute Gasteiger partial charge is 0.396 e. The van der Waals surface area contributed by atoms with Gasteiger partial charge in [-0.15, -0.1) is 0 Å². The highest BCUT2D eigenvalue weighted by Crippen LogP contribution is 2.32. The second kappa shape index (κ2) is 5.98. The summed E-state index contributed by atoms with van der Waals surface area (Å²) in [6.07, 6.45) is 3.24. The Morgan fingerprint density at radius 1 is 1.53 bits per heavy atom. The molecule has 0 spiro atoms. The Hall–Kier alpha value is -0.380. The van der Waals surface area contributed by atoms with Crippen LogP contribution in [0, 0.1) is 5.92 Å². The lowest BCUT2D eigenvalue weighted by atomic mass is 10.1. The van der Waals surface area contributed by atoms with Crippen LogP contribution in [-0.2, 0) is 6.42 Å². The van der Waals surface area contributed by atoms with Gasteiger partial charge in [-0.05, 0) is 55.0 Å². The minimum Gasteiger partial charge on any atom is -0.396 e. The Bertz CT molecular complexity index is 380. The molecule has 0 radical (unpaired) electrons. The Morgan fingerprint density at radius 2 is 2.35 bits per heavy atom. The van der Waals surface area contributed by atoms with E-state index in [1.807, 2.05) is 0 Å². The minimum absolute atomic E-state index is 0.289. The molecule has 2 nitrogen and oxygen atoms in total. The van der Waals surface area contributed by atoms with Crippen molar-refractivity contribution in [3.05, 3.63) is 33.8 Å². The highest BCUT2D eigenvalue weighted by Gasteiger charge is 2.22. The van der Waals surface area contributed by atoms with Crippen LogP contribution in [-0.4, -0.2) is 18.3 Å². The average Bonchev–Trinajstić information content (AvgIpc) is 2.69. The third-order valence-electron chi connectivity index (χ3n) is 3.52. The van der Waals surface area contributed by atoms with E-state index >= 15 is 0 Å². The number of rotatable bonds is 5. The maximum atomic E-state index is 8.88. The fraction of sp³-hybridized carbons (Fsp3) is 0.571. The van der Waals surface area contributed by atoms with Crippen LogP contribution in [0.25, 0.3) is 0 Å². The first-order valence-electron chi connectivity index (χ1n) is 6.33. The zero-order chi connectivity index (χ0) is 12.3. The van der Waals surface area contributed by atoms with E-state index in [4.69, 9.17) is 5.11 Å². The fourth-order valence-corrected chi connectivity index (χ4v) is 2.87. The molecule has 17 heavy (non-hydrogen) atoms. The Kier molecular flexibility index (Phi) is 4.60. The van der Waals surface area contributed by atoms with Gasteiger partial charge in [0.05, 0.1) is 0 Å². The first-order valence-corrected chi connectivity index (χ1v) is 7.12. The first-order chi connectivity index (χ1) is 8.20. The monoisotopic (exact) mass is 297 g/mol. The third-order valence-corrected chi connectivity index (χ3v) is 4.01. The predicted octanol–water partition coefficient (Wildman–Crippen LogP) is 3.04. The molecule has 0 fully saturated rings. The van der Waals surface area contributed by atoms with E-state index in [0.29, 0.717) is 12.0 Å². The average molecular weight is 298 g/mol. The molecule has 2 atom stereocenters. The van der Waals surface area contributed by atoms with Gasteiger partial charge >= 0.3 is 0 Å². The molecule has 0 heterocycles. The lowest BCUT2D eigenvalue weighted by molar-refractivity contribution is 0.257. The van der Waals surface area contributed by atoms with Gasteiger partial charge in [-0.2, -0.15) is 0 Å². The summed E-state index contributed by atoms with van der Waals surface area (Å²) in [5.41, 5.74) is 2.91. The maximum Gasteiger partial charge on any atom is 0.0434 e. The van der Waals surface area contributed by atoms with E-state index < -0.39 is 0 Å². The lowest BCUT2D eigenvalue weighted by Crippen LogP contribution is -2.25. The van der Waals surface area contributed by atoms with E-state index in [2.05, 4.69) is 46.4 Å². The van der Waals surface area contributed by atoms with Crippen LogP contribution in [0.4, 0.5) is 0 Å². The van der Waals surface area contributed by atoms with Gasteiger partial charge in [0, 0.05) is 17.1 Å². The van der Waals surface area contributed by atoms with Crippen molar-refractivity contribution in [2.45, 2.75) is 32.2 Å². The molecule has 2 rings (SSSR count). The van der Waals surface area contributed by atoms with Crippen LogP contribution in [0.1, 0.15) is 36.9 Å². The van der Waals surface area contributed by atoms with Crippen LogP contribution in [0.15, 0.2) is 22.7 Å². The van der Waals surface area contributed by atoms with Gasteiger partial charge in [0.1, 0.15) is 0 Å². The SMILES string of the molecule is CC(CCO)CNC1CCc2cc(Br)ccc21. The summed E-state index contributed by atoms with van der Waals surface area (Å²) in [4.78, 5) is 0. The molecule has 1 aromatic carbocycles. The molecule has 0 aliphatic heterocycles. The molecule has 2 N–H and O–H groups in total. The van der Waals surface area contributed by atoms with Crippen LogP contribution in [0.3, 0.4) is 0 Å². The molecule has 1 aliphatic carbocycles. The van der Waals surface area contributed by atoms with Gasteiger partial charge in [0.25, 0.3) is 0 Å². The topological polar surface area (TPSA) is 32.3 Å². The van der Waals surface area contributed by atoms with Gasteiger partial charge in [-0.25, -0.2) is 0 Å². The smallest absolute Gasteiger partial charge is 0.0434 e. The zero-order valence-corrected chi connectivity index (χ0v) is 11.8. The molecular formula is C14H20BrNO. The maximum absolute atomic E-state index is 8.88. The van der Waals surface area contributed by atoms with Gasteiger partial charge in [0.15, 0.2) is 0 Å². The summed E-state index contributed by atoms with van der Waals surface area (Å²) in [6.45, 7) is 3.46. The van der Waals surface area contributed by atoms with Crippen molar-refractivity contribution in [2.75, 3.05) is 13.2 Å². The van der Waals surface area contributed by atoms with E-state index in [1.54, 1.807) is 0 Å². The summed E-state index contributed by atoms with van der Waals surface area (Å²) >= 11 is 3.52. The van der Waals surface area contributed by atoms with Crippen molar-refractivity contribution in [3.63, 3.8) is 0 Å². The second-order valence-corrected chi connectivity index (χ2v) is 5.88. The summed E-state index contributed by atoms with van der Waals surface area (Å²) < 4.78 is 1.17. The molecule has 0 saturated carbocycles. The molecule has 1 aliphatic rings. The van der Waals surface area contributed by atoms with Crippen LogP contribution < -0.4 is 5.32 Å². The van der Waals surface area contributed by atoms with E-state index in [1.165, 1.54) is 28.4 Å². The summed E-state index contributed by atoms with van der Waals surface area (Å²) in [7, 11) is 0. The van der Waals surface area contributed by atoms with Crippen molar-refractivity contribution in [1.82, 2.24) is 5.32 Å². The molecular weight excluding hydrogens is 278 g/mol. The molecule has 0 saturated heterocycles. The van der Waals surface area contributed by atoms with Gasteiger partial charge in [-0.3, -0.25) is 0 Å². The number of hydrogen-bond acceptors (Lipinski definition) is 2. The van der Waals surface area contributed by atoms with Crippen molar-refractivity contribution >= 4 is 15.9 Å². The molecule has 0 bridgehead atoms. The standard InChI is InChI=1S/C14H20BrNO/c1-10(6-7-17)9-16-14-5-2-11-8-12(15)3-4-13(11)14/h3-4,8,10,14,16-17H,2,5-7,9H2,1H3. The molecule has 0 aromatic heterocycles. The summed E-state index contributed by atoms with van der Waals surface area (Å²) in [5.74, 6) is 0.541. The highest BCUT2D eigenvalue weighted by atomic mass is 79.9. The Labute approximate surface area is 112 Å². The number of benzene rings is 1. The normalized spacial score (nSPS) is 20.3. The third kappa shape index (κ3) is 3.30. The van der Waals surface area contributed by atoms with Crippen LogP contribution in [0.5, 0.6) is 0 Å². The molecule has 94 valence electrons. The summed E-state index contributed by atoms with van der Waals surface area (Å²) in [5, 5.41) is 12.5. The number of nitrogens with one attached hydrogen (secondary N) is 1. The van der Waals surface area contributed by atoms with Crippen molar-refractivity contribution in [3.8, 4) is 0 Å². The quantitative estimate of drug-likeness (QED) is 0.875. The Morgan fingerprint density at radius 3 is 3.12 bits per heavy atom. The van der Waals surface area contributed by atoms with Gasteiger partial charge < -0.3 is 10.4 Å². The van der Waals surface area contributed by atoms with Crippen LogP contribution in [0.2, 0.25) is 0 Å². The zero-order valence-electron chi connectivity index (χ0n) is 10.2. The van der Waals surface area contributed by atoms with Crippen molar-refractivity contribution < 1.29 is 5.11 Å². The number of aliphatic hydroxyl groups excluding tert-OH is 1. The molecule has 2 unspecified atom stereocenters. The summed E-state index contributed by atoms with van der Waals surface area (Å²) in [6, 6.07) is 7.07. The first kappa shape index (κ1) is 13.1. The molecule has 0 amide bonds. The fourth-order valence-electron chi connectivity index (χ4n) is 2.46. The highest BCUT2D eigenvalue weighted by molar-refractivity contribution is 9.10. The predicted molar refractivity (Wildman–Crippen MR) is 74.1 cm³/mol. The van der Waals surface area contributed by atoms with Gasteiger partial charge in [0.2, 0.25) is 0 Å². The number of aryl methyl sites for hydroxylation is 1. The molecule has 1 aromatic rings. The second-order valence-electron chi connectivity index (χ2n) is 4.96. The number of hydrogen-bond donors (Lipinski definition) is 2. The minimum atomic E-state index is 0.289. The van der Waals surface area contributed by atoms with E-state index in [0.717, 1.165) is 13.0 Å². The Balaban J connectivity index is 1.93. The number of halogens is 1. The van der Waals surface area contributed by atoms with E-state index in [9.17, 15) is 0 Å². The van der Waals surface area contributed by atoms with Crippen molar-refractivity contribution in [1.29, 1.82) is 0 Å². The number of fused-ring (bicyclic) bond motifs is 1. The van der Waals surface area contributed by atoms with Gasteiger partial charge in [-0.1, -0.05) is 28.9 Å².